The standard InChI is InChI=1S/C54H88IN7O19/c1-50(2,3)78-46(69)56-22-21-36(64)43(67)60-35-23-34(61-48(71)80-52(7,8)9)37(38(65)41(35)77-44-39(66)42(54(13,73)28-75-44)62(14)49(72)81-53(10,11)12)40-33(57-24-31(63)25-58-47(70)79-51(4,5)6)20-19-32(76-40)26-59-45(68)74-27-29-15-17-30(55)18-16-29/h15-19,31,33-42,44,57,63-66,73H,20-28H2,1-14H3,(H,56,69)(H,58,70)(H,59,68)(H,60,67)(H,61,71)/t31?,33-,34+,35-,36+,37-,38+,39-,40?,41+,42-,44-,54+/m1/s1. The lowest BCUT2D eigenvalue weighted by molar-refractivity contribution is -0.306. The molecular weight excluding hydrogens is 1180 g/mol. The van der Waals surface area contributed by atoms with E-state index in [1.807, 2.05) is 24.3 Å². The van der Waals surface area contributed by atoms with Crippen molar-refractivity contribution in [2.24, 2.45) is 5.92 Å². The van der Waals surface area contributed by atoms with Gasteiger partial charge in [-0.15, -0.1) is 0 Å². The summed E-state index contributed by atoms with van der Waals surface area (Å²) in [6, 6.07) is 2.48. The second-order valence-corrected chi connectivity index (χ2v) is 25.9. The zero-order valence-electron chi connectivity index (χ0n) is 49.0. The van der Waals surface area contributed by atoms with E-state index in [0.29, 0.717) is 0 Å². The van der Waals surface area contributed by atoms with Crippen molar-refractivity contribution in [3.05, 3.63) is 45.2 Å². The van der Waals surface area contributed by atoms with Gasteiger partial charge in [0, 0.05) is 48.3 Å². The Kier molecular flexibility index (Phi) is 24.5. The number of aliphatic hydroxyl groups excluding tert-OH is 4. The molecule has 1 aliphatic carbocycles. The molecule has 81 heavy (non-hydrogen) atoms. The van der Waals surface area contributed by atoms with Crippen LogP contribution in [0, 0.1) is 9.49 Å². The number of carbonyl (C=O) groups excluding carboxylic acids is 6. The Balaban J connectivity index is 1.78. The Bertz CT molecular complexity index is 2300. The average Bonchev–Trinajstić information content (AvgIpc) is 3.54. The molecule has 2 unspecified atom stereocenters. The number of alkyl carbamates (subject to hydrolysis) is 4. The minimum atomic E-state index is -1.91. The van der Waals surface area contributed by atoms with Crippen molar-refractivity contribution in [3.8, 4) is 0 Å². The lowest BCUT2D eigenvalue weighted by Gasteiger charge is -2.52. The number of amides is 6. The third-order valence-electron chi connectivity index (χ3n) is 12.5. The first kappa shape index (κ1) is 68.5. The molecule has 13 atom stereocenters. The van der Waals surface area contributed by atoms with Gasteiger partial charge in [0.15, 0.2) is 6.29 Å². The maximum absolute atomic E-state index is 14.0. The molecule has 460 valence electrons. The van der Waals surface area contributed by atoms with Crippen LogP contribution in [0.1, 0.15) is 115 Å². The van der Waals surface area contributed by atoms with Gasteiger partial charge < -0.3 is 100 Å². The van der Waals surface area contributed by atoms with Gasteiger partial charge in [0.2, 0.25) is 5.91 Å². The lowest BCUT2D eigenvalue weighted by atomic mass is 9.72. The van der Waals surface area contributed by atoms with Crippen LogP contribution in [0.5, 0.6) is 0 Å². The lowest BCUT2D eigenvalue weighted by Crippen LogP contribution is -2.71. The molecule has 11 N–H and O–H groups in total. The van der Waals surface area contributed by atoms with Gasteiger partial charge >= 0.3 is 30.5 Å². The normalized spacial score (nSPS) is 26.9. The number of hydrogen-bond acceptors (Lipinski definition) is 20. The molecule has 1 aromatic carbocycles. The van der Waals surface area contributed by atoms with E-state index in [1.165, 1.54) is 14.0 Å². The first-order valence-corrected chi connectivity index (χ1v) is 28.0. The van der Waals surface area contributed by atoms with Gasteiger partial charge in [-0.3, -0.25) is 4.79 Å². The first-order chi connectivity index (χ1) is 37.3. The summed E-state index contributed by atoms with van der Waals surface area (Å²) in [5.74, 6) is -2.10. The summed E-state index contributed by atoms with van der Waals surface area (Å²) < 4.78 is 47.5. The molecule has 1 saturated heterocycles. The van der Waals surface area contributed by atoms with Crippen molar-refractivity contribution < 1.29 is 92.2 Å². The number of carbonyl (C=O) groups is 6. The second-order valence-electron chi connectivity index (χ2n) is 24.7. The number of hydrogen-bond donors (Lipinski definition) is 11. The molecular formula is C54H88IN7O19. The van der Waals surface area contributed by atoms with Gasteiger partial charge in [0.25, 0.3) is 0 Å². The van der Waals surface area contributed by atoms with E-state index in [1.54, 1.807) is 89.2 Å². The van der Waals surface area contributed by atoms with E-state index in [9.17, 15) is 54.3 Å². The molecule has 26 nitrogen and oxygen atoms in total. The zero-order valence-corrected chi connectivity index (χ0v) is 51.1. The molecule has 6 amide bonds. The predicted octanol–water partition coefficient (Wildman–Crippen LogP) is 3.16. The molecule has 1 aromatic rings. The number of rotatable bonds is 19. The van der Waals surface area contributed by atoms with Crippen LogP contribution in [0.3, 0.4) is 0 Å². The largest absolute Gasteiger partial charge is 0.491 e. The van der Waals surface area contributed by atoms with Gasteiger partial charge in [-0.1, -0.05) is 12.1 Å². The monoisotopic (exact) mass is 1270 g/mol. The van der Waals surface area contributed by atoms with Crippen molar-refractivity contribution in [3.63, 3.8) is 0 Å². The molecule has 0 aromatic heterocycles. The van der Waals surface area contributed by atoms with Crippen molar-refractivity contribution in [1.82, 2.24) is 36.8 Å². The minimum Gasteiger partial charge on any atom is -0.491 e. The van der Waals surface area contributed by atoms with Crippen LogP contribution >= 0.6 is 22.6 Å². The fraction of sp³-hybridized carbons (Fsp3) is 0.741. The number of likely N-dealkylation sites (N-methyl/N-ethyl adjacent to an activating group) is 1. The summed E-state index contributed by atoms with van der Waals surface area (Å²) in [5, 5.41) is 75.6. The van der Waals surface area contributed by atoms with Crippen LogP contribution in [-0.2, 0) is 49.3 Å². The average molecular weight is 1270 g/mol. The predicted molar refractivity (Wildman–Crippen MR) is 300 cm³/mol. The van der Waals surface area contributed by atoms with Crippen molar-refractivity contribution >= 4 is 59.0 Å². The van der Waals surface area contributed by atoms with Crippen LogP contribution in [-0.4, -0.2) is 202 Å². The van der Waals surface area contributed by atoms with E-state index < -0.39 is 144 Å². The van der Waals surface area contributed by atoms with Crippen LogP contribution in [0.25, 0.3) is 0 Å². The van der Waals surface area contributed by atoms with Gasteiger partial charge in [-0.05, 0) is 156 Å². The Morgan fingerprint density at radius 2 is 1.33 bits per heavy atom. The Morgan fingerprint density at radius 3 is 1.93 bits per heavy atom. The second kappa shape index (κ2) is 29.0. The number of aliphatic hydroxyl groups is 5. The summed E-state index contributed by atoms with van der Waals surface area (Å²) in [7, 11) is 1.31. The molecule has 2 fully saturated rings. The van der Waals surface area contributed by atoms with E-state index in [2.05, 4.69) is 54.5 Å². The van der Waals surface area contributed by atoms with Crippen LogP contribution in [0.2, 0.25) is 0 Å². The number of benzene rings is 1. The molecule has 0 spiro atoms. The highest BCUT2D eigenvalue weighted by Gasteiger charge is 2.56. The molecule has 4 rings (SSSR count). The van der Waals surface area contributed by atoms with E-state index in [4.69, 9.17) is 37.9 Å². The Morgan fingerprint density at radius 1 is 0.753 bits per heavy atom. The number of nitrogens with zero attached hydrogens (tertiary/aromatic N) is 1. The highest BCUT2D eigenvalue weighted by Crippen LogP contribution is 2.39. The van der Waals surface area contributed by atoms with Gasteiger partial charge in [-0.25, -0.2) is 24.0 Å². The summed E-state index contributed by atoms with van der Waals surface area (Å²) >= 11 is 2.16. The summed E-state index contributed by atoms with van der Waals surface area (Å²) in [6.07, 6.45) is -14.4. The van der Waals surface area contributed by atoms with Crippen molar-refractivity contribution in [1.29, 1.82) is 0 Å². The van der Waals surface area contributed by atoms with Gasteiger partial charge in [0.05, 0.1) is 37.4 Å². The Hall–Kier alpha value is -5.01. The zero-order chi connectivity index (χ0) is 61.0. The summed E-state index contributed by atoms with van der Waals surface area (Å²) in [5.41, 5.74) is -4.83. The smallest absolute Gasteiger partial charge is 0.410 e. The van der Waals surface area contributed by atoms with Crippen LogP contribution < -0.4 is 31.9 Å². The highest BCUT2D eigenvalue weighted by molar-refractivity contribution is 14.1. The number of halogens is 1. The third-order valence-corrected chi connectivity index (χ3v) is 13.3. The molecule has 2 heterocycles. The fourth-order valence-electron chi connectivity index (χ4n) is 9.14. The molecule has 3 aliphatic rings. The quantitative estimate of drug-likeness (QED) is 0.0700. The molecule has 0 bridgehead atoms. The van der Waals surface area contributed by atoms with Crippen molar-refractivity contribution in [2.45, 2.75) is 211 Å². The fourth-order valence-corrected chi connectivity index (χ4v) is 9.50. The highest BCUT2D eigenvalue weighted by atomic mass is 127. The Labute approximate surface area is 487 Å². The third kappa shape index (κ3) is 22.9. The molecule has 0 radical (unpaired) electrons. The maximum Gasteiger partial charge on any atom is 0.410 e. The van der Waals surface area contributed by atoms with Crippen LogP contribution in [0.4, 0.5) is 24.0 Å². The first-order valence-electron chi connectivity index (χ1n) is 27.0. The maximum atomic E-state index is 14.0. The number of ether oxygens (including phenoxy) is 8. The van der Waals surface area contributed by atoms with Gasteiger partial charge in [0.1, 0.15) is 64.8 Å². The minimum absolute atomic E-state index is 0.0389. The molecule has 27 heteroatoms. The van der Waals surface area contributed by atoms with Crippen LogP contribution in [0.15, 0.2) is 36.1 Å². The van der Waals surface area contributed by atoms with E-state index in [0.717, 1.165) is 14.0 Å². The molecule has 2 aliphatic heterocycles. The summed E-state index contributed by atoms with van der Waals surface area (Å²) in [6.45, 7) is 19.8. The van der Waals surface area contributed by atoms with E-state index in [-0.39, 0.29) is 57.8 Å². The SMILES string of the molecule is CN(C(=O)OC(C)(C)C)[C@@H]1[C@@H](O)[C@@H](O[C@@H]2[C@@H](O)[C@H](C3OC(CNC(=O)OCc4ccc(I)cc4)=CC[C@H]3NCC(O)CNC(=O)OC(C)(C)C)[C@@H](NC(=O)OC(C)(C)C)C[C@H]2NC(=O)[C@@H](O)CCNC(=O)OC(C)(C)C)OC[C@]1(C)O. The van der Waals surface area contributed by atoms with Crippen molar-refractivity contribution in [2.75, 3.05) is 39.8 Å². The number of nitrogens with one attached hydrogen (secondary N) is 6. The molecule has 1 saturated carbocycles. The van der Waals surface area contributed by atoms with Gasteiger partial charge in [-0.2, -0.15) is 0 Å². The topological polar surface area (TPSA) is 353 Å². The van der Waals surface area contributed by atoms with E-state index >= 15 is 0 Å². The summed E-state index contributed by atoms with van der Waals surface area (Å²) in [4.78, 5) is 80.4.